The highest BCUT2D eigenvalue weighted by molar-refractivity contribution is 5.81. The first-order valence-corrected chi connectivity index (χ1v) is 10.1. The number of hydrogen-bond donors (Lipinski definition) is 0. The number of piperidine rings is 1. The summed E-state index contributed by atoms with van der Waals surface area (Å²) in [7, 11) is 0. The van der Waals surface area contributed by atoms with Crippen LogP contribution in [0.2, 0.25) is 0 Å². The minimum atomic E-state index is -0.344. The molecule has 0 N–H and O–H groups in total. The van der Waals surface area contributed by atoms with Crippen molar-refractivity contribution in [1.29, 1.82) is 0 Å². The standard InChI is InChI=1S/C24H29NO3/c1-18-10-9-11-19(2)25(18)23(26)17-28-24(27)16-22(20-12-5-3-6-13-20)21-14-7-4-8-15-21/h3-8,12-15,18-19,22H,9-11,16-17H2,1-2H3/t18-,19+. The smallest absolute Gasteiger partial charge is 0.307 e. The first kappa shape index (κ1) is 20.1. The molecule has 2 aromatic carbocycles. The average Bonchev–Trinajstić information content (AvgIpc) is 2.71. The summed E-state index contributed by atoms with van der Waals surface area (Å²) in [6.07, 6.45) is 3.37. The molecule has 28 heavy (non-hydrogen) atoms. The van der Waals surface area contributed by atoms with Gasteiger partial charge in [0.2, 0.25) is 0 Å². The van der Waals surface area contributed by atoms with Crippen molar-refractivity contribution in [2.45, 2.75) is 57.5 Å². The van der Waals surface area contributed by atoms with E-state index < -0.39 is 0 Å². The second-order valence-corrected chi connectivity index (χ2v) is 7.67. The van der Waals surface area contributed by atoms with Crippen LogP contribution in [-0.2, 0) is 14.3 Å². The van der Waals surface area contributed by atoms with Crippen molar-refractivity contribution in [3.8, 4) is 0 Å². The number of carbonyl (C=O) groups is 2. The lowest BCUT2D eigenvalue weighted by Crippen LogP contribution is -2.49. The van der Waals surface area contributed by atoms with E-state index >= 15 is 0 Å². The summed E-state index contributed by atoms with van der Waals surface area (Å²) in [5.41, 5.74) is 2.13. The van der Waals surface area contributed by atoms with Crippen molar-refractivity contribution in [2.24, 2.45) is 0 Å². The van der Waals surface area contributed by atoms with Crippen molar-refractivity contribution in [3.05, 3.63) is 71.8 Å². The van der Waals surface area contributed by atoms with Gasteiger partial charge in [0.15, 0.2) is 6.61 Å². The molecule has 0 aromatic heterocycles. The molecule has 0 aliphatic carbocycles. The van der Waals surface area contributed by atoms with E-state index in [9.17, 15) is 9.59 Å². The SMILES string of the molecule is C[C@@H]1CCC[C@H](C)N1C(=O)COC(=O)CC(c1ccccc1)c1ccccc1. The van der Waals surface area contributed by atoms with Gasteiger partial charge in [0.1, 0.15) is 0 Å². The van der Waals surface area contributed by atoms with E-state index in [2.05, 4.69) is 13.8 Å². The van der Waals surface area contributed by atoms with E-state index in [1.807, 2.05) is 65.6 Å². The quantitative estimate of drug-likeness (QED) is 0.692. The number of nitrogens with zero attached hydrogens (tertiary/aromatic N) is 1. The maximum Gasteiger partial charge on any atom is 0.307 e. The molecule has 4 nitrogen and oxygen atoms in total. The Kier molecular flexibility index (Phi) is 6.85. The molecule has 0 unspecified atom stereocenters. The van der Waals surface area contributed by atoms with Crippen LogP contribution in [0.4, 0.5) is 0 Å². The van der Waals surface area contributed by atoms with Crippen molar-refractivity contribution >= 4 is 11.9 Å². The second-order valence-electron chi connectivity index (χ2n) is 7.67. The van der Waals surface area contributed by atoms with Crippen molar-refractivity contribution in [2.75, 3.05) is 6.61 Å². The van der Waals surface area contributed by atoms with Crippen LogP contribution in [0.25, 0.3) is 0 Å². The van der Waals surface area contributed by atoms with E-state index in [1.165, 1.54) is 0 Å². The Hall–Kier alpha value is -2.62. The summed E-state index contributed by atoms with van der Waals surface area (Å²) in [6.45, 7) is 3.95. The highest BCUT2D eigenvalue weighted by atomic mass is 16.5. The van der Waals surface area contributed by atoms with Crippen LogP contribution in [-0.4, -0.2) is 35.5 Å². The number of ether oxygens (including phenoxy) is 1. The number of carbonyl (C=O) groups excluding carboxylic acids is 2. The number of esters is 1. The van der Waals surface area contributed by atoms with Gasteiger partial charge in [0.25, 0.3) is 5.91 Å². The summed E-state index contributed by atoms with van der Waals surface area (Å²) in [6, 6.07) is 20.3. The molecule has 0 radical (unpaired) electrons. The summed E-state index contributed by atoms with van der Waals surface area (Å²) in [5, 5.41) is 0. The van der Waals surface area contributed by atoms with Gasteiger partial charge in [-0.3, -0.25) is 9.59 Å². The maximum absolute atomic E-state index is 12.6. The van der Waals surface area contributed by atoms with Gasteiger partial charge in [-0.05, 0) is 44.2 Å². The summed E-state index contributed by atoms with van der Waals surface area (Å²) >= 11 is 0. The van der Waals surface area contributed by atoms with Crippen LogP contribution in [0.15, 0.2) is 60.7 Å². The predicted octanol–water partition coefficient (Wildman–Crippen LogP) is 4.54. The molecular weight excluding hydrogens is 350 g/mol. The molecule has 2 aromatic rings. The van der Waals surface area contributed by atoms with Crippen molar-refractivity contribution < 1.29 is 14.3 Å². The van der Waals surface area contributed by atoms with E-state index in [0.29, 0.717) is 0 Å². The molecule has 2 atom stereocenters. The highest BCUT2D eigenvalue weighted by Gasteiger charge is 2.29. The first-order chi connectivity index (χ1) is 13.6. The van der Waals surface area contributed by atoms with Crippen molar-refractivity contribution in [3.63, 3.8) is 0 Å². The van der Waals surface area contributed by atoms with Gasteiger partial charge in [-0.15, -0.1) is 0 Å². The van der Waals surface area contributed by atoms with Crippen LogP contribution in [0.5, 0.6) is 0 Å². The zero-order valence-corrected chi connectivity index (χ0v) is 16.7. The van der Waals surface area contributed by atoms with Crippen LogP contribution in [0, 0.1) is 0 Å². The van der Waals surface area contributed by atoms with E-state index in [-0.39, 0.29) is 42.9 Å². The van der Waals surface area contributed by atoms with E-state index in [0.717, 1.165) is 30.4 Å². The molecule has 4 heteroatoms. The van der Waals surface area contributed by atoms with Gasteiger partial charge in [-0.25, -0.2) is 0 Å². The largest absolute Gasteiger partial charge is 0.456 e. The van der Waals surface area contributed by atoms with Crippen LogP contribution in [0.3, 0.4) is 0 Å². The molecular formula is C24H29NO3. The molecule has 148 valence electrons. The number of amides is 1. The molecule has 1 heterocycles. The third-order valence-electron chi connectivity index (χ3n) is 5.61. The molecule has 1 amide bonds. The van der Waals surface area contributed by atoms with Gasteiger partial charge in [0, 0.05) is 18.0 Å². The van der Waals surface area contributed by atoms with Gasteiger partial charge in [0.05, 0.1) is 6.42 Å². The third-order valence-corrected chi connectivity index (χ3v) is 5.61. The molecule has 0 saturated carbocycles. The number of benzene rings is 2. The summed E-state index contributed by atoms with van der Waals surface area (Å²) < 4.78 is 5.40. The Bertz CT molecular complexity index is 725. The second kappa shape index (κ2) is 9.54. The van der Waals surface area contributed by atoms with E-state index in [1.54, 1.807) is 0 Å². The lowest BCUT2D eigenvalue weighted by molar-refractivity contribution is -0.155. The Labute approximate surface area is 167 Å². The monoisotopic (exact) mass is 379 g/mol. The maximum atomic E-state index is 12.6. The Morgan fingerprint density at radius 2 is 1.43 bits per heavy atom. The lowest BCUT2D eigenvalue weighted by Gasteiger charge is -2.38. The lowest BCUT2D eigenvalue weighted by atomic mass is 9.89. The fraction of sp³-hybridized carbons (Fsp3) is 0.417. The van der Waals surface area contributed by atoms with Crippen LogP contribution < -0.4 is 0 Å². The zero-order chi connectivity index (χ0) is 19.9. The Morgan fingerprint density at radius 3 is 1.93 bits per heavy atom. The molecule has 1 fully saturated rings. The Balaban J connectivity index is 1.63. The van der Waals surface area contributed by atoms with Crippen LogP contribution in [0.1, 0.15) is 56.6 Å². The van der Waals surface area contributed by atoms with Crippen molar-refractivity contribution in [1.82, 2.24) is 4.90 Å². The highest BCUT2D eigenvalue weighted by Crippen LogP contribution is 2.28. The minimum Gasteiger partial charge on any atom is -0.456 e. The zero-order valence-electron chi connectivity index (χ0n) is 16.7. The number of likely N-dealkylation sites (tertiary alicyclic amines) is 1. The predicted molar refractivity (Wildman–Crippen MR) is 110 cm³/mol. The first-order valence-electron chi connectivity index (χ1n) is 10.1. The van der Waals surface area contributed by atoms with Gasteiger partial charge < -0.3 is 9.64 Å². The number of rotatable bonds is 6. The molecule has 1 aliphatic heterocycles. The molecule has 0 spiro atoms. The minimum absolute atomic E-state index is 0.0853. The fourth-order valence-electron chi connectivity index (χ4n) is 4.15. The van der Waals surface area contributed by atoms with Crippen LogP contribution >= 0.6 is 0 Å². The topological polar surface area (TPSA) is 46.6 Å². The average molecular weight is 380 g/mol. The Morgan fingerprint density at radius 1 is 0.929 bits per heavy atom. The normalized spacial score (nSPS) is 19.5. The van der Waals surface area contributed by atoms with Gasteiger partial charge >= 0.3 is 5.97 Å². The molecule has 1 saturated heterocycles. The molecule has 0 bridgehead atoms. The van der Waals surface area contributed by atoms with Gasteiger partial charge in [-0.1, -0.05) is 60.7 Å². The summed E-state index contributed by atoms with van der Waals surface area (Å²) in [4.78, 5) is 27.0. The fourth-order valence-corrected chi connectivity index (χ4v) is 4.15. The number of hydrogen-bond acceptors (Lipinski definition) is 3. The molecule has 3 rings (SSSR count). The van der Waals surface area contributed by atoms with Gasteiger partial charge in [-0.2, -0.15) is 0 Å². The summed E-state index contributed by atoms with van der Waals surface area (Å²) in [5.74, 6) is -0.523. The van der Waals surface area contributed by atoms with E-state index in [4.69, 9.17) is 4.74 Å². The third kappa shape index (κ3) is 5.00. The molecule has 1 aliphatic rings.